The maximum Gasteiger partial charge on any atom is 0.338 e. The van der Waals surface area contributed by atoms with E-state index in [9.17, 15) is 19.2 Å². The first-order valence-electron chi connectivity index (χ1n) is 10.9. The standard InChI is InChI=1S/C26H23NO6/c1-14-6-7-18(26(31)33-13-21(28)15-4-3-5-19(11-15)32-2)12-20(14)27-24(29)22-16-8-9-17(10-16)23(22)25(27)30/h3-9,11-12,16-17,22-23H,10,13H2,1-2H3/t16-,17-,22-,23+/m0/s1. The number of allylic oxidation sites excluding steroid dienone is 2. The van der Waals surface area contributed by atoms with Crippen LogP contribution in [0.3, 0.4) is 0 Å². The average molecular weight is 445 g/mol. The highest BCUT2D eigenvalue weighted by molar-refractivity contribution is 6.23. The van der Waals surface area contributed by atoms with Gasteiger partial charge in [-0.3, -0.25) is 14.4 Å². The molecule has 2 aromatic carbocycles. The molecule has 2 amide bonds. The summed E-state index contributed by atoms with van der Waals surface area (Å²) >= 11 is 0. The fourth-order valence-electron chi connectivity index (χ4n) is 5.21. The molecule has 3 aliphatic rings. The van der Waals surface area contributed by atoms with Gasteiger partial charge in [-0.15, -0.1) is 0 Å². The van der Waals surface area contributed by atoms with Gasteiger partial charge in [-0.2, -0.15) is 0 Å². The van der Waals surface area contributed by atoms with Gasteiger partial charge >= 0.3 is 5.97 Å². The van der Waals surface area contributed by atoms with Crippen LogP contribution in [-0.2, 0) is 14.3 Å². The molecule has 0 N–H and O–H groups in total. The van der Waals surface area contributed by atoms with E-state index >= 15 is 0 Å². The fraction of sp³-hybridized carbons (Fsp3) is 0.308. The van der Waals surface area contributed by atoms with Crippen LogP contribution < -0.4 is 9.64 Å². The van der Waals surface area contributed by atoms with Crippen molar-refractivity contribution in [2.45, 2.75) is 13.3 Å². The van der Waals surface area contributed by atoms with Crippen LogP contribution in [0.2, 0.25) is 0 Å². The molecular formula is C26H23NO6. The van der Waals surface area contributed by atoms with Crippen LogP contribution in [0.4, 0.5) is 5.69 Å². The van der Waals surface area contributed by atoms with E-state index in [1.807, 2.05) is 12.2 Å². The van der Waals surface area contributed by atoms with E-state index in [0.29, 0.717) is 22.6 Å². The summed E-state index contributed by atoms with van der Waals surface area (Å²) in [6.07, 6.45) is 4.94. The van der Waals surface area contributed by atoms with Crippen LogP contribution >= 0.6 is 0 Å². The number of carbonyl (C=O) groups excluding carboxylic acids is 4. The van der Waals surface area contributed by atoms with Gasteiger partial charge in [0.25, 0.3) is 0 Å². The Hall–Kier alpha value is -3.74. The molecular weight excluding hydrogens is 422 g/mol. The van der Waals surface area contributed by atoms with E-state index in [2.05, 4.69) is 0 Å². The Kier molecular flexibility index (Phi) is 5.12. The summed E-state index contributed by atoms with van der Waals surface area (Å²) in [6, 6.07) is 11.3. The first kappa shape index (κ1) is 21.1. The summed E-state index contributed by atoms with van der Waals surface area (Å²) in [4.78, 5) is 52.6. The highest BCUT2D eigenvalue weighted by Gasteiger charge is 2.59. The number of aryl methyl sites for hydroxylation is 1. The van der Waals surface area contributed by atoms with Crippen molar-refractivity contribution in [2.75, 3.05) is 18.6 Å². The summed E-state index contributed by atoms with van der Waals surface area (Å²) in [6.45, 7) is 1.36. The summed E-state index contributed by atoms with van der Waals surface area (Å²) in [5.41, 5.74) is 1.65. The van der Waals surface area contributed by atoms with Crippen LogP contribution in [0.1, 0.15) is 32.7 Å². The SMILES string of the molecule is COc1cccc(C(=O)COC(=O)c2ccc(C)c(N3C(=O)[C@@H]4[C@H](C3=O)[C@H]3C=C[C@H]4C3)c2)c1. The Labute approximate surface area is 191 Å². The largest absolute Gasteiger partial charge is 0.497 e. The monoisotopic (exact) mass is 445 g/mol. The number of ether oxygens (including phenoxy) is 2. The number of nitrogens with zero attached hydrogens (tertiary/aromatic N) is 1. The van der Waals surface area contributed by atoms with Crippen molar-refractivity contribution in [2.24, 2.45) is 23.7 Å². The first-order chi connectivity index (χ1) is 15.9. The third-order valence-electron chi connectivity index (χ3n) is 6.88. The molecule has 2 aliphatic carbocycles. The second-order valence-corrected chi connectivity index (χ2v) is 8.74. The summed E-state index contributed by atoms with van der Waals surface area (Å²) in [5.74, 6) is -1.36. The molecule has 0 unspecified atom stereocenters. The topological polar surface area (TPSA) is 90.0 Å². The zero-order valence-electron chi connectivity index (χ0n) is 18.3. The molecule has 1 saturated carbocycles. The minimum absolute atomic E-state index is 0.109. The van der Waals surface area contributed by atoms with Gasteiger partial charge in [-0.05, 0) is 55.0 Å². The number of anilines is 1. The number of amides is 2. The average Bonchev–Trinajstić information content (AvgIpc) is 3.51. The third-order valence-corrected chi connectivity index (χ3v) is 6.88. The second-order valence-electron chi connectivity index (χ2n) is 8.74. The third kappa shape index (κ3) is 3.44. The normalized spacial score (nSPS) is 24.8. The number of hydrogen-bond donors (Lipinski definition) is 0. The Bertz CT molecular complexity index is 1190. The number of carbonyl (C=O) groups is 4. The molecule has 0 spiro atoms. The zero-order chi connectivity index (χ0) is 23.3. The molecule has 1 heterocycles. The van der Waals surface area contributed by atoms with Gasteiger partial charge in [-0.25, -0.2) is 9.69 Å². The molecule has 1 saturated heterocycles. The number of methoxy groups -OCH3 is 1. The predicted molar refractivity (Wildman–Crippen MR) is 119 cm³/mol. The van der Waals surface area contributed by atoms with Crippen LogP contribution in [0.5, 0.6) is 5.75 Å². The predicted octanol–water partition coefficient (Wildman–Crippen LogP) is 3.35. The Morgan fingerprint density at radius 1 is 0.970 bits per heavy atom. The molecule has 7 heteroatoms. The number of imide groups is 1. The van der Waals surface area contributed by atoms with E-state index in [4.69, 9.17) is 9.47 Å². The first-order valence-corrected chi connectivity index (χ1v) is 10.9. The van der Waals surface area contributed by atoms with Crippen LogP contribution in [0.15, 0.2) is 54.6 Å². The molecule has 2 bridgehead atoms. The van der Waals surface area contributed by atoms with E-state index in [1.165, 1.54) is 18.1 Å². The van der Waals surface area contributed by atoms with E-state index in [0.717, 1.165) is 6.42 Å². The molecule has 0 aromatic heterocycles. The number of benzene rings is 2. The van der Waals surface area contributed by atoms with E-state index < -0.39 is 12.6 Å². The van der Waals surface area contributed by atoms with Crippen molar-refractivity contribution in [3.63, 3.8) is 0 Å². The summed E-state index contributed by atoms with van der Waals surface area (Å²) in [5, 5.41) is 0. The van der Waals surface area contributed by atoms with Gasteiger partial charge in [0, 0.05) is 5.56 Å². The summed E-state index contributed by atoms with van der Waals surface area (Å²) < 4.78 is 10.3. The number of esters is 1. The lowest BCUT2D eigenvalue weighted by atomic mass is 9.85. The minimum atomic E-state index is -0.700. The van der Waals surface area contributed by atoms with Gasteiger partial charge in [0.05, 0.1) is 30.2 Å². The van der Waals surface area contributed by atoms with Gasteiger partial charge < -0.3 is 9.47 Å². The number of fused-ring (bicyclic) bond motifs is 5. The van der Waals surface area contributed by atoms with E-state index in [-0.39, 0.29) is 46.8 Å². The van der Waals surface area contributed by atoms with Crippen LogP contribution in [0, 0.1) is 30.6 Å². The number of ketones is 1. The zero-order valence-corrected chi connectivity index (χ0v) is 18.3. The number of rotatable bonds is 6. The fourth-order valence-corrected chi connectivity index (χ4v) is 5.21. The van der Waals surface area contributed by atoms with Crippen molar-refractivity contribution in [3.05, 3.63) is 71.3 Å². The molecule has 33 heavy (non-hydrogen) atoms. The van der Waals surface area contributed by atoms with E-state index in [1.54, 1.807) is 43.3 Å². The lowest BCUT2D eigenvalue weighted by Gasteiger charge is -2.20. The smallest absolute Gasteiger partial charge is 0.338 e. The van der Waals surface area contributed by atoms with Crippen molar-refractivity contribution in [1.29, 1.82) is 0 Å². The highest BCUT2D eigenvalue weighted by atomic mass is 16.5. The van der Waals surface area contributed by atoms with Gasteiger partial charge in [-0.1, -0.05) is 30.4 Å². The van der Waals surface area contributed by atoms with Gasteiger partial charge in [0.2, 0.25) is 11.8 Å². The maximum absolute atomic E-state index is 13.1. The lowest BCUT2D eigenvalue weighted by molar-refractivity contribution is -0.123. The Morgan fingerprint density at radius 2 is 1.67 bits per heavy atom. The van der Waals surface area contributed by atoms with Crippen molar-refractivity contribution in [3.8, 4) is 5.75 Å². The van der Waals surface area contributed by atoms with Crippen molar-refractivity contribution in [1.82, 2.24) is 0 Å². The molecule has 5 rings (SSSR count). The van der Waals surface area contributed by atoms with Crippen LogP contribution in [0.25, 0.3) is 0 Å². The maximum atomic E-state index is 13.1. The molecule has 2 aromatic rings. The quantitative estimate of drug-likeness (QED) is 0.293. The highest BCUT2D eigenvalue weighted by Crippen LogP contribution is 2.53. The lowest BCUT2D eigenvalue weighted by Crippen LogP contribution is -2.33. The molecule has 1 aliphatic heterocycles. The van der Waals surface area contributed by atoms with Crippen molar-refractivity contribution < 1.29 is 28.7 Å². The minimum Gasteiger partial charge on any atom is -0.497 e. The number of Topliss-reactive ketones (excluding diaryl/α,β-unsaturated/α-hetero) is 1. The van der Waals surface area contributed by atoms with Crippen LogP contribution in [-0.4, -0.2) is 37.3 Å². The summed E-state index contributed by atoms with van der Waals surface area (Å²) in [7, 11) is 1.50. The molecule has 4 atom stereocenters. The molecule has 168 valence electrons. The van der Waals surface area contributed by atoms with Gasteiger partial charge in [0.1, 0.15) is 5.75 Å². The van der Waals surface area contributed by atoms with Crippen molar-refractivity contribution >= 4 is 29.3 Å². The Balaban J connectivity index is 1.33. The Morgan fingerprint density at radius 3 is 2.33 bits per heavy atom. The van der Waals surface area contributed by atoms with Gasteiger partial charge in [0.15, 0.2) is 12.4 Å². The number of hydrogen-bond acceptors (Lipinski definition) is 6. The molecule has 7 nitrogen and oxygen atoms in total. The second kappa shape index (κ2) is 7.99. The molecule has 2 fully saturated rings. The molecule has 0 radical (unpaired) electrons.